The highest BCUT2D eigenvalue weighted by atomic mass is 35.5. The van der Waals surface area contributed by atoms with Crippen molar-refractivity contribution < 1.29 is 0 Å². The van der Waals surface area contributed by atoms with E-state index in [1.807, 2.05) is 50.6 Å². The van der Waals surface area contributed by atoms with Gasteiger partial charge >= 0.3 is 0 Å². The van der Waals surface area contributed by atoms with Crippen molar-refractivity contribution in [2.45, 2.75) is 6.04 Å². The third kappa shape index (κ3) is 2.26. The van der Waals surface area contributed by atoms with E-state index in [0.717, 1.165) is 16.3 Å². The number of halogens is 1. The molecule has 0 saturated carbocycles. The molecular weight excluding hydrogens is 222 g/mol. The molecule has 0 radical (unpaired) electrons. The lowest BCUT2D eigenvalue weighted by molar-refractivity contribution is 0.642. The highest BCUT2D eigenvalue weighted by molar-refractivity contribution is 6.30. The van der Waals surface area contributed by atoms with Crippen LogP contribution < -0.4 is 5.32 Å². The standard InChI is InChI=1S/C12H14ClN3/c1-14-12(11-7-8-16(2)15-11)9-3-5-10(13)6-4-9/h3-8,12,14H,1-2H3. The average Bonchev–Trinajstić information content (AvgIpc) is 2.69. The summed E-state index contributed by atoms with van der Waals surface area (Å²) in [6.45, 7) is 0. The molecule has 0 aliphatic heterocycles. The Kier molecular flexibility index (Phi) is 3.27. The van der Waals surface area contributed by atoms with Crippen molar-refractivity contribution >= 4 is 11.6 Å². The van der Waals surface area contributed by atoms with Crippen LogP contribution in [0.5, 0.6) is 0 Å². The molecule has 2 aromatic rings. The van der Waals surface area contributed by atoms with E-state index in [4.69, 9.17) is 11.6 Å². The first-order valence-electron chi connectivity index (χ1n) is 5.13. The van der Waals surface area contributed by atoms with Crippen LogP contribution in [0.15, 0.2) is 36.5 Å². The van der Waals surface area contributed by atoms with E-state index in [2.05, 4.69) is 10.4 Å². The van der Waals surface area contributed by atoms with E-state index in [0.29, 0.717) is 0 Å². The van der Waals surface area contributed by atoms with Gasteiger partial charge in [-0.25, -0.2) is 0 Å². The zero-order chi connectivity index (χ0) is 11.5. The summed E-state index contributed by atoms with van der Waals surface area (Å²) in [7, 11) is 3.84. The van der Waals surface area contributed by atoms with Crippen molar-refractivity contribution in [2.75, 3.05) is 7.05 Å². The van der Waals surface area contributed by atoms with Gasteiger partial charge in [-0.3, -0.25) is 4.68 Å². The third-order valence-corrected chi connectivity index (χ3v) is 2.77. The summed E-state index contributed by atoms with van der Waals surface area (Å²) >= 11 is 5.87. The maximum atomic E-state index is 5.87. The quantitative estimate of drug-likeness (QED) is 0.886. The molecule has 0 spiro atoms. The summed E-state index contributed by atoms with van der Waals surface area (Å²) < 4.78 is 1.80. The molecule has 0 aliphatic carbocycles. The lowest BCUT2D eigenvalue weighted by Gasteiger charge is -2.14. The Morgan fingerprint density at radius 1 is 1.25 bits per heavy atom. The second-order valence-corrected chi connectivity index (χ2v) is 4.12. The topological polar surface area (TPSA) is 29.9 Å². The fourth-order valence-electron chi connectivity index (χ4n) is 1.73. The number of hydrogen-bond donors (Lipinski definition) is 1. The second-order valence-electron chi connectivity index (χ2n) is 3.69. The number of aryl methyl sites for hydroxylation is 1. The van der Waals surface area contributed by atoms with Gasteiger partial charge in [-0.1, -0.05) is 23.7 Å². The highest BCUT2D eigenvalue weighted by Crippen LogP contribution is 2.21. The minimum Gasteiger partial charge on any atom is -0.308 e. The van der Waals surface area contributed by atoms with Gasteiger partial charge in [0.1, 0.15) is 0 Å². The first-order valence-corrected chi connectivity index (χ1v) is 5.51. The molecule has 0 amide bonds. The molecule has 1 unspecified atom stereocenters. The Morgan fingerprint density at radius 3 is 2.44 bits per heavy atom. The molecule has 1 atom stereocenters. The van der Waals surface area contributed by atoms with Crippen LogP contribution in [-0.4, -0.2) is 16.8 Å². The summed E-state index contributed by atoms with van der Waals surface area (Å²) in [6.07, 6.45) is 1.94. The smallest absolute Gasteiger partial charge is 0.0839 e. The first kappa shape index (κ1) is 11.2. The average molecular weight is 236 g/mol. The molecule has 1 N–H and O–H groups in total. The fraction of sp³-hybridized carbons (Fsp3) is 0.250. The van der Waals surface area contributed by atoms with Crippen molar-refractivity contribution in [1.82, 2.24) is 15.1 Å². The molecule has 1 aromatic carbocycles. The molecule has 0 saturated heterocycles. The fourth-order valence-corrected chi connectivity index (χ4v) is 1.85. The number of nitrogens with zero attached hydrogens (tertiary/aromatic N) is 2. The molecule has 3 nitrogen and oxygen atoms in total. The Labute approximate surface area is 100 Å². The molecule has 4 heteroatoms. The zero-order valence-corrected chi connectivity index (χ0v) is 10.1. The van der Waals surface area contributed by atoms with Crippen molar-refractivity contribution in [1.29, 1.82) is 0 Å². The van der Waals surface area contributed by atoms with Gasteiger partial charge in [0.2, 0.25) is 0 Å². The van der Waals surface area contributed by atoms with E-state index < -0.39 is 0 Å². The zero-order valence-electron chi connectivity index (χ0n) is 9.31. The number of benzene rings is 1. The molecule has 0 fully saturated rings. The maximum Gasteiger partial charge on any atom is 0.0839 e. The molecular formula is C12H14ClN3. The minimum absolute atomic E-state index is 0.110. The van der Waals surface area contributed by atoms with Gasteiger partial charge in [-0.15, -0.1) is 0 Å². The summed E-state index contributed by atoms with van der Waals surface area (Å²) in [6, 6.07) is 9.93. The van der Waals surface area contributed by atoms with E-state index in [-0.39, 0.29) is 6.04 Å². The van der Waals surface area contributed by atoms with Crippen molar-refractivity contribution in [2.24, 2.45) is 7.05 Å². The van der Waals surface area contributed by atoms with E-state index in [9.17, 15) is 0 Å². The van der Waals surface area contributed by atoms with Crippen LogP contribution in [0, 0.1) is 0 Å². The Bertz CT molecular complexity index is 461. The summed E-state index contributed by atoms with van der Waals surface area (Å²) in [5.74, 6) is 0. The number of aromatic nitrogens is 2. The molecule has 16 heavy (non-hydrogen) atoms. The van der Waals surface area contributed by atoms with Gasteiger partial charge in [0.15, 0.2) is 0 Å². The lowest BCUT2D eigenvalue weighted by Crippen LogP contribution is -2.18. The Morgan fingerprint density at radius 2 is 1.94 bits per heavy atom. The van der Waals surface area contributed by atoms with Crippen molar-refractivity contribution in [3.8, 4) is 0 Å². The van der Waals surface area contributed by atoms with Crippen LogP contribution in [0.4, 0.5) is 0 Å². The molecule has 84 valence electrons. The van der Waals surface area contributed by atoms with Crippen molar-refractivity contribution in [3.05, 3.63) is 52.8 Å². The van der Waals surface area contributed by atoms with E-state index in [1.165, 1.54) is 0 Å². The SMILES string of the molecule is CNC(c1ccc(Cl)cc1)c1ccn(C)n1. The number of rotatable bonds is 3. The van der Waals surface area contributed by atoms with E-state index in [1.54, 1.807) is 4.68 Å². The predicted octanol–water partition coefficient (Wildman–Crippen LogP) is 2.38. The maximum absolute atomic E-state index is 5.87. The molecule has 0 bridgehead atoms. The first-order chi connectivity index (χ1) is 7.70. The van der Waals surface area contributed by atoms with Gasteiger partial charge in [0, 0.05) is 18.3 Å². The summed E-state index contributed by atoms with van der Waals surface area (Å²) in [4.78, 5) is 0. The monoisotopic (exact) mass is 235 g/mol. The normalized spacial score (nSPS) is 12.7. The van der Waals surface area contributed by atoms with Gasteiger partial charge in [0.05, 0.1) is 11.7 Å². The lowest BCUT2D eigenvalue weighted by atomic mass is 10.0. The Balaban J connectivity index is 2.32. The van der Waals surface area contributed by atoms with Gasteiger partial charge in [0.25, 0.3) is 0 Å². The second kappa shape index (κ2) is 4.68. The van der Waals surface area contributed by atoms with Crippen LogP contribution in [-0.2, 0) is 7.05 Å². The van der Waals surface area contributed by atoms with Gasteiger partial charge < -0.3 is 5.32 Å². The van der Waals surface area contributed by atoms with Crippen molar-refractivity contribution in [3.63, 3.8) is 0 Å². The van der Waals surface area contributed by atoms with Crippen LogP contribution in [0.1, 0.15) is 17.3 Å². The minimum atomic E-state index is 0.110. The van der Waals surface area contributed by atoms with Gasteiger partial charge in [-0.05, 0) is 30.8 Å². The van der Waals surface area contributed by atoms with Gasteiger partial charge in [-0.2, -0.15) is 5.10 Å². The molecule has 0 aliphatic rings. The highest BCUT2D eigenvalue weighted by Gasteiger charge is 2.13. The van der Waals surface area contributed by atoms with Crippen LogP contribution in [0.25, 0.3) is 0 Å². The van der Waals surface area contributed by atoms with E-state index >= 15 is 0 Å². The predicted molar refractivity (Wildman–Crippen MR) is 65.6 cm³/mol. The molecule has 2 rings (SSSR count). The molecule has 1 heterocycles. The summed E-state index contributed by atoms with van der Waals surface area (Å²) in [5, 5.41) is 8.40. The summed E-state index contributed by atoms with van der Waals surface area (Å²) in [5.41, 5.74) is 2.16. The number of nitrogens with one attached hydrogen (secondary N) is 1. The van der Waals surface area contributed by atoms with Crippen LogP contribution in [0.2, 0.25) is 5.02 Å². The Hall–Kier alpha value is -1.32. The molecule has 1 aromatic heterocycles. The third-order valence-electron chi connectivity index (χ3n) is 2.52. The number of hydrogen-bond acceptors (Lipinski definition) is 2. The van der Waals surface area contributed by atoms with Crippen LogP contribution >= 0.6 is 11.6 Å². The largest absolute Gasteiger partial charge is 0.308 e. The van der Waals surface area contributed by atoms with Crippen LogP contribution in [0.3, 0.4) is 0 Å².